The molecule has 0 unspecified atom stereocenters. The molecule has 2 amide bonds. The molecule has 0 saturated carbocycles. The Morgan fingerprint density at radius 1 is 1.19 bits per heavy atom. The summed E-state index contributed by atoms with van der Waals surface area (Å²) in [7, 11) is 0. The van der Waals surface area contributed by atoms with Crippen LogP contribution in [0.1, 0.15) is 0 Å². The normalized spacial score (nSPS) is 15.1. The molecule has 1 heterocycles. The minimum absolute atomic E-state index is 0.0473. The lowest BCUT2D eigenvalue weighted by Gasteiger charge is -2.33. The van der Waals surface area contributed by atoms with Gasteiger partial charge in [0.1, 0.15) is 0 Å². The Labute approximate surface area is 162 Å². The van der Waals surface area contributed by atoms with Gasteiger partial charge in [-0.2, -0.15) is 0 Å². The SMILES string of the molecule is C=CCNC(=O)CN1CCN(CC(=O)Nc2ccc([N+](=O)[O-])cc2Cl)CC1. The number of nitrogens with one attached hydrogen (secondary N) is 2. The first-order valence-corrected chi connectivity index (χ1v) is 8.83. The highest BCUT2D eigenvalue weighted by molar-refractivity contribution is 6.34. The van der Waals surface area contributed by atoms with Gasteiger partial charge in [-0.25, -0.2) is 0 Å². The van der Waals surface area contributed by atoms with Gasteiger partial charge in [-0.05, 0) is 6.07 Å². The topological polar surface area (TPSA) is 108 Å². The second-order valence-electron chi connectivity index (χ2n) is 6.11. The molecule has 0 bridgehead atoms. The van der Waals surface area contributed by atoms with Crippen LogP contribution in [0.25, 0.3) is 0 Å². The molecule has 1 fully saturated rings. The van der Waals surface area contributed by atoms with Crippen LogP contribution in [0.2, 0.25) is 5.02 Å². The first-order valence-electron chi connectivity index (χ1n) is 8.45. The number of halogens is 1. The van der Waals surface area contributed by atoms with Crippen molar-refractivity contribution in [1.82, 2.24) is 15.1 Å². The summed E-state index contributed by atoms with van der Waals surface area (Å²) in [6, 6.07) is 3.91. The van der Waals surface area contributed by atoms with Crippen molar-refractivity contribution in [1.29, 1.82) is 0 Å². The molecule has 0 aromatic heterocycles. The summed E-state index contributed by atoms with van der Waals surface area (Å²) in [5.74, 6) is -0.295. The fraction of sp³-hybridized carbons (Fsp3) is 0.412. The average Bonchev–Trinajstić information content (AvgIpc) is 2.63. The zero-order chi connectivity index (χ0) is 19.8. The van der Waals surface area contributed by atoms with Crippen LogP contribution in [0.5, 0.6) is 0 Å². The van der Waals surface area contributed by atoms with Gasteiger partial charge >= 0.3 is 0 Å². The van der Waals surface area contributed by atoms with E-state index < -0.39 is 4.92 Å². The van der Waals surface area contributed by atoms with E-state index in [9.17, 15) is 19.7 Å². The van der Waals surface area contributed by atoms with Gasteiger partial charge in [0.05, 0.1) is 28.7 Å². The first kappa shape index (κ1) is 20.8. The van der Waals surface area contributed by atoms with Crippen molar-refractivity contribution in [3.05, 3.63) is 46.0 Å². The van der Waals surface area contributed by atoms with Crippen molar-refractivity contribution in [3.63, 3.8) is 0 Å². The van der Waals surface area contributed by atoms with Gasteiger partial charge < -0.3 is 10.6 Å². The van der Waals surface area contributed by atoms with E-state index in [1.54, 1.807) is 6.08 Å². The molecule has 2 rings (SSSR count). The highest BCUT2D eigenvalue weighted by Gasteiger charge is 2.21. The van der Waals surface area contributed by atoms with Crippen LogP contribution in [-0.2, 0) is 9.59 Å². The van der Waals surface area contributed by atoms with Gasteiger partial charge in [0, 0.05) is 44.9 Å². The van der Waals surface area contributed by atoms with Gasteiger partial charge in [0.25, 0.3) is 5.69 Å². The standard InChI is InChI=1S/C17H22ClN5O4/c1-2-5-19-16(24)11-21-6-8-22(9-7-21)12-17(25)20-15-4-3-13(23(26)27)10-14(15)18/h2-4,10H,1,5-9,11-12H2,(H,19,24)(H,20,25). The van der Waals surface area contributed by atoms with E-state index in [0.29, 0.717) is 45.0 Å². The number of carbonyl (C=O) groups excluding carboxylic acids is 2. The van der Waals surface area contributed by atoms with Gasteiger partial charge in [-0.1, -0.05) is 17.7 Å². The summed E-state index contributed by atoms with van der Waals surface area (Å²) < 4.78 is 0. The molecule has 0 aliphatic carbocycles. The minimum Gasteiger partial charge on any atom is -0.352 e. The molecule has 0 spiro atoms. The van der Waals surface area contributed by atoms with Crippen molar-refractivity contribution in [2.24, 2.45) is 0 Å². The van der Waals surface area contributed by atoms with Gasteiger partial charge in [0.2, 0.25) is 11.8 Å². The predicted octanol–water partition coefficient (Wildman–Crippen LogP) is 1.11. The monoisotopic (exact) mass is 395 g/mol. The number of hydrogen-bond acceptors (Lipinski definition) is 6. The van der Waals surface area contributed by atoms with Crippen molar-refractivity contribution in [2.75, 3.05) is 51.1 Å². The molecule has 27 heavy (non-hydrogen) atoms. The van der Waals surface area contributed by atoms with E-state index in [0.717, 1.165) is 0 Å². The van der Waals surface area contributed by atoms with Gasteiger partial charge in [-0.15, -0.1) is 6.58 Å². The number of anilines is 1. The second kappa shape index (κ2) is 10.0. The number of non-ortho nitro benzene ring substituents is 1. The molecule has 1 aromatic rings. The van der Waals surface area contributed by atoms with E-state index in [-0.39, 0.29) is 29.1 Å². The molecule has 0 radical (unpaired) electrons. The van der Waals surface area contributed by atoms with E-state index in [1.165, 1.54) is 18.2 Å². The van der Waals surface area contributed by atoms with Crippen molar-refractivity contribution in [2.45, 2.75) is 0 Å². The number of hydrogen-bond donors (Lipinski definition) is 2. The van der Waals surface area contributed by atoms with Gasteiger partial charge in [-0.3, -0.25) is 29.5 Å². The Morgan fingerprint density at radius 2 is 1.78 bits per heavy atom. The second-order valence-corrected chi connectivity index (χ2v) is 6.52. The number of carbonyl (C=O) groups is 2. The maximum atomic E-state index is 12.2. The summed E-state index contributed by atoms with van der Waals surface area (Å²) in [4.78, 5) is 38.1. The van der Waals surface area contributed by atoms with Crippen LogP contribution in [0.15, 0.2) is 30.9 Å². The first-order chi connectivity index (χ1) is 12.9. The maximum Gasteiger partial charge on any atom is 0.271 e. The van der Waals surface area contributed by atoms with Crippen LogP contribution in [0.4, 0.5) is 11.4 Å². The Morgan fingerprint density at radius 3 is 2.30 bits per heavy atom. The molecule has 2 N–H and O–H groups in total. The number of piperazine rings is 1. The quantitative estimate of drug-likeness (QED) is 0.388. The predicted molar refractivity (Wildman–Crippen MR) is 103 cm³/mol. The number of amides is 2. The van der Waals surface area contributed by atoms with Crippen molar-refractivity contribution >= 4 is 34.8 Å². The number of nitro benzene ring substituents is 1. The highest BCUT2D eigenvalue weighted by atomic mass is 35.5. The number of nitro groups is 1. The molecule has 1 aromatic carbocycles. The van der Waals surface area contributed by atoms with Crippen LogP contribution in [-0.4, -0.2) is 72.4 Å². The van der Waals surface area contributed by atoms with Crippen LogP contribution in [0.3, 0.4) is 0 Å². The van der Waals surface area contributed by atoms with E-state index >= 15 is 0 Å². The zero-order valence-electron chi connectivity index (χ0n) is 14.8. The van der Waals surface area contributed by atoms with Crippen LogP contribution in [0, 0.1) is 10.1 Å². The van der Waals surface area contributed by atoms with Crippen LogP contribution >= 0.6 is 11.6 Å². The third kappa shape index (κ3) is 6.63. The summed E-state index contributed by atoms with van der Waals surface area (Å²) in [5, 5.41) is 16.2. The fourth-order valence-corrected chi connectivity index (χ4v) is 2.88. The molecule has 9 nitrogen and oxygen atoms in total. The maximum absolute atomic E-state index is 12.2. The van der Waals surface area contributed by atoms with Crippen molar-refractivity contribution in [3.8, 4) is 0 Å². The molecular formula is C17H22ClN5O4. The molecule has 146 valence electrons. The molecule has 1 aliphatic rings. The Bertz CT molecular complexity index is 719. The molecule has 1 saturated heterocycles. The number of rotatable bonds is 8. The smallest absolute Gasteiger partial charge is 0.271 e. The van der Waals surface area contributed by atoms with Crippen molar-refractivity contribution < 1.29 is 14.5 Å². The van der Waals surface area contributed by atoms with E-state index in [2.05, 4.69) is 17.2 Å². The lowest BCUT2D eigenvalue weighted by atomic mass is 10.2. The number of nitrogens with zero attached hydrogens (tertiary/aromatic N) is 3. The summed E-state index contributed by atoms with van der Waals surface area (Å²) >= 11 is 5.98. The molecule has 1 aliphatic heterocycles. The zero-order valence-corrected chi connectivity index (χ0v) is 15.6. The molecular weight excluding hydrogens is 374 g/mol. The molecule has 0 atom stereocenters. The highest BCUT2D eigenvalue weighted by Crippen LogP contribution is 2.26. The Hall–Kier alpha value is -2.49. The lowest BCUT2D eigenvalue weighted by molar-refractivity contribution is -0.384. The third-order valence-corrected chi connectivity index (χ3v) is 4.39. The lowest BCUT2D eigenvalue weighted by Crippen LogP contribution is -2.51. The minimum atomic E-state index is -0.547. The fourth-order valence-electron chi connectivity index (χ4n) is 2.66. The Balaban J connectivity index is 1.77. The van der Waals surface area contributed by atoms with E-state index in [4.69, 9.17) is 11.6 Å². The summed E-state index contributed by atoms with van der Waals surface area (Å²) in [5.41, 5.74) is 0.205. The number of benzene rings is 1. The Kier molecular flexibility index (Phi) is 7.71. The summed E-state index contributed by atoms with van der Waals surface area (Å²) in [6.07, 6.45) is 1.63. The molecule has 10 heteroatoms. The average molecular weight is 396 g/mol. The van der Waals surface area contributed by atoms with E-state index in [1.807, 2.05) is 9.80 Å². The van der Waals surface area contributed by atoms with Gasteiger partial charge in [0.15, 0.2) is 0 Å². The third-order valence-electron chi connectivity index (χ3n) is 4.08. The largest absolute Gasteiger partial charge is 0.352 e. The summed E-state index contributed by atoms with van der Waals surface area (Å²) in [6.45, 7) is 7.21. The van der Waals surface area contributed by atoms with Crippen LogP contribution < -0.4 is 10.6 Å².